The first-order valence-corrected chi connectivity index (χ1v) is 8.94. The van der Waals surface area contributed by atoms with Crippen molar-refractivity contribution in [1.82, 2.24) is 10.9 Å². The van der Waals surface area contributed by atoms with Crippen LogP contribution in [0.5, 0.6) is 0 Å². The molecule has 0 aliphatic heterocycles. The van der Waals surface area contributed by atoms with Gasteiger partial charge in [-0.1, -0.05) is 29.8 Å². The van der Waals surface area contributed by atoms with E-state index < -0.39 is 11.6 Å². The first-order chi connectivity index (χ1) is 11.9. The number of hydrazine groups is 1. The van der Waals surface area contributed by atoms with Gasteiger partial charge in [-0.05, 0) is 36.8 Å². The molecular weight excluding hydrogens is 364 g/mol. The Labute approximate surface area is 154 Å². The Kier molecular flexibility index (Phi) is 7.15. The van der Waals surface area contributed by atoms with Crippen LogP contribution in [-0.2, 0) is 10.5 Å². The maximum atomic E-state index is 13.5. The molecule has 2 aromatic rings. The summed E-state index contributed by atoms with van der Waals surface area (Å²) in [4.78, 5) is 11.8. The predicted molar refractivity (Wildman–Crippen MR) is 101 cm³/mol. The van der Waals surface area contributed by atoms with Crippen molar-refractivity contribution in [1.29, 1.82) is 0 Å². The van der Waals surface area contributed by atoms with Gasteiger partial charge in [0.05, 0.1) is 11.4 Å². The molecule has 0 aliphatic rings. The van der Waals surface area contributed by atoms with Crippen molar-refractivity contribution in [2.24, 2.45) is 0 Å². The van der Waals surface area contributed by atoms with E-state index in [2.05, 4.69) is 16.2 Å². The standard InChI is InChI=1S/C17H17F2N3OS2/c1-11-2-4-12(5-3-11)9-25-10-16(23)21-22-17(24)20-15-7-6-13(18)8-14(15)19/h2-8H,9-10H2,1H3,(H,21,23)(H2,20,22,24). The Morgan fingerprint density at radius 1 is 1.12 bits per heavy atom. The summed E-state index contributed by atoms with van der Waals surface area (Å²) < 4.78 is 26.3. The summed E-state index contributed by atoms with van der Waals surface area (Å²) >= 11 is 6.41. The number of anilines is 1. The van der Waals surface area contributed by atoms with Crippen LogP contribution in [0.25, 0.3) is 0 Å². The van der Waals surface area contributed by atoms with Crippen molar-refractivity contribution in [2.45, 2.75) is 12.7 Å². The molecule has 0 aromatic heterocycles. The summed E-state index contributed by atoms with van der Waals surface area (Å²) in [6.45, 7) is 2.02. The lowest BCUT2D eigenvalue weighted by Crippen LogP contribution is -2.44. The van der Waals surface area contributed by atoms with E-state index in [1.807, 2.05) is 31.2 Å². The number of nitrogens with one attached hydrogen (secondary N) is 3. The Hall–Kier alpha value is -2.19. The second-order valence-corrected chi connectivity index (χ2v) is 6.62. The zero-order chi connectivity index (χ0) is 18.2. The predicted octanol–water partition coefficient (Wildman–Crippen LogP) is 3.52. The van der Waals surface area contributed by atoms with E-state index in [-0.39, 0.29) is 22.5 Å². The highest BCUT2D eigenvalue weighted by Crippen LogP contribution is 2.14. The van der Waals surface area contributed by atoms with E-state index in [0.717, 1.165) is 23.4 Å². The maximum absolute atomic E-state index is 13.5. The third kappa shape index (κ3) is 6.67. The average molecular weight is 381 g/mol. The zero-order valence-corrected chi connectivity index (χ0v) is 15.1. The highest BCUT2D eigenvalue weighted by atomic mass is 32.2. The van der Waals surface area contributed by atoms with Crippen LogP contribution in [0.3, 0.4) is 0 Å². The number of halogens is 2. The first kappa shape index (κ1) is 19.1. The van der Waals surface area contributed by atoms with Gasteiger partial charge in [-0.3, -0.25) is 15.6 Å². The number of carbonyl (C=O) groups is 1. The zero-order valence-electron chi connectivity index (χ0n) is 13.4. The molecule has 0 spiro atoms. The Balaban J connectivity index is 1.68. The number of benzene rings is 2. The summed E-state index contributed by atoms with van der Waals surface area (Å²) in [5.74, 6) is -0.753. The van der Waals surface area contributed by atoms with Gasteiger partial charge in [-0.25, -0.2) is 8.78 Å². The highest BCUT2D eigenvalue weighted by molar-refractivity contribution is 7.99. The molecule has 25 heavy (non-hydrogen) atoms. The number of thioether (sulfide) groups is 1. The van der Waals surface area contributed by atoms with Crippen LogP contribution < -0.4 is 16.2 Å². The SMILES string of the molecule is Cc1ccc(CSCC(=O)NNC(=S)Nc2ccc(F)cc2F)cc1. The van der Waals surface area contributed by atoms with E-state index in [4.69, 9.17) is 12.2 Å². The summed E-state index contributed by atoms with van der Waals surface area (Å²) in [6.07, 6.45) is 0. The van der Waals surface area contributed by atoms with Crippen LogP contribution >= 0.6 is 24.0 Å². The number of carbonyl (C=O) groups excluding carboxylic acids is 1. The van der Waals surface area contributed by atoms with Gasteiger partial charge < -0.3 is 5.32 Å². The van der Waals surface area contributed by atoms with Crippen LogP contribution in [0.15, 0.2) is 42.5 Å². The smallest absolute Gasteiger partial charge is 0.248 e. The Bertz CT molecular complexity index is 754. The van der Waals surface area contributed by atoms with Gasteiger partial charge >= 0.3 is 0 Å². The monoisotopic (exact) mass is 381 g/mol. The van der Waals surface area contributed by atoms with Crippen molar-refractivity contribution >= 4 is 40.7 Å². The van der Waals surface area contributed by atoms with Gasteiger partial charge in [0.1, 0.15) is 11.6 Å². The Morgan fingerprint density at radius 2 is 1.84 bits per heavy atom. The van der Waals surface area contributed by atoms with Crippen molar-refractivity contribution in [3.8, 4) is 0 Å². The number of thiocarbonyl (C=S) groups is 1. The number of aryl methyl sites for hydroxylation is 1. The molecular formula is C17H17F2N3OS2. The lowest BCUT2D eigenvalue weighted by molar-refractivity contribution is -0.119. The minimum atomic E-state index is -0.774. The van der Waals surface area contributed by atoms with E-state index in [0.29, 0.717) is 0 Å². The highest BCUT2D eigenvalue weighted by Gasteiger charge is 2.07. The molecule has 0 saturated carbocycles. The molecule has 132 valence electrons. The summed E-state index contributed by atoms with van der Waals surface area (Å²) in [7, 11) is 0. The number of hydrogen-bond donors (Lipinski definition) is 3. The van der Waals surface area contributed by atoms with E-state index in [1.54, 1.807) is 0 Å². The molecule has 0 bridgehead atoms. The van der Waals surface area contributed by atoms with Crippen molar-refractivity contribution in [3.05, 3.63) is 65.2 Å². The van der Waals surface area contributed by atoms with Gasteiger partial charge in [-0.15, -0.1) is 11.8 Å². The fraction of sp³-hybridized carbons (Fsp3) is 0.176. The molecule has 0 fully saturated rings. The van der Waals surface area contributed by atoms with Crippen LogP contribution in [0.4, 0.5) is 14.5 Å². The Morgan fingerprint density at radius 3 is 2.52 bits per heavy atom. The van der Waals surface area contributed by atoms with E-state index in [9.17, 15) is 13.6 Å². The average Bonchev–Trinajstić information content (AvgIpc) is 2.57. The van der Waals surface area contributed by atoms with Crippen molar-refractivity contribution in [2.75, 3.05) is 11.1 Å². The second-order valence-electron chi connectivity index (χ2n) is 5.23. The van der Waals surface area contributed by atoms with Gasteiger partial charge in [-0.2, -0.15) is 0 Å². The largest absolute Gasteiger partial charge is 0.329 e. The molecule has 2 rings (SSSR count). The number of amides is 1. The van der Waals surface area contributed by atoms with Crippen LogP contribution in [0, 0.1) is 18.6 Å². The number of hydrogen-bond acceptors (Lipinski definition) is 3. The third-order valence-electron chi connectivity index (χ3n) is 3.12. The van der Waals surface area contributed by atoms with Crippen LogP contribution in [0.1, 0.15) is 11.1 Å². The molecule has 4 nitrogen and oxygen atoms in total. The molecule has 3 N–H and O–H groups in total. The maximum Gasteiger partial charge on any atom is 0.248 e. The van der Waals surface area contributed by atoms with Crippen LogP contribution in [-0.4, -0.2) is 16.8 Å². The molecule has 0 atom stereocenters. The van der Waals surface area contributed by atoms with E-state index in [1.165, 1.54) is 23.4 Å². The van der Waals surface area contributed by atoms with Gasteiger partial charge in [0.2, 0.25) is 5.91 Å². The van der Waals surface area contributed by atoms with Gasteiger partial charge in [0.25, 0.3) is 0 Å². The number of rotatable bonds is 5. The molecule has 2 aromatic carbocycles. The lowest BCUT2D eigenvalue weighted by atomic mass is 10.2. The minimum Gasteiger partial charge on any atom is -0.329 e. The van der Waals surface area contributed by atoms with Crippen molar-refractivity contribution in [3.63, 3.8) is 0 Å². The van der Waals surface area contributed by atoms with Gasteiger partial charge in [0, 0.05) is 11.8 Å². The van der Waals surface area contributed by atoms with Crippen LogP contribution in [0.2, 0.25) is 0 Å². The minimum absolute atomic E-state index is 0.00222. The fourth-order valence-corrected chi connectivity index (χ4v) is 2.80. The molecule has 0 heterocycles. The summed E-state index contributed by atoms with van der Waals surface area (Å²) in [6, 6.07) is 11.2. The quantitative estimate of drug-likeness (QED) is 0.547. The summed E-state index contributed by atoms with van der Waals surface area (Å²) in [5.41, 5.74) is 7.24. The second kappa shape index (κ2) is 9.33. The first-order valence-electron chi connectivity index (χ1n) is 7.38. The molecule has 8 heteroatoms. The van der Waals surface area contributed by atoms with Crippen molar-refractivity contribution < 1.29 is 13.6 Å². The molecule has 1 amide bonds. The molecule has 0 unspecified atom stereocenters. The fourth-order valence-electron chi connectivity index (χ4n) is 1.85. The normalized spacial score (nSPS) is 10.2. The third-order valence-corrected chi connectivity index (χ3v) is 4.33. The topological polar surface area (TPSA) is 53.2 Å². The molecule has 0 aliphatic carbocycles. The summed E-state index contributed by atoms with van der Waals surface area (Å²) in [5, 5.41) is 2.54. The molecule has 0 radical (unpaired) electrons. The van der Waals surface area contributed by atoms with Gasteiger partial charge in [0.15, 0.2) is 5.11 Å². The molecule has 0 saturated heterocycles. The van der Waals surface area contributed by atoms with E-state index >= 15 is 0 Å². The lowest BCUT2D eigenvalue weighted by Gasteiger charge is -2.12.